The van der Waals surface area contributed by atoms with E-state index in [-0.39, 0.29) is 38.6 Å². The Morgan fingerprint density at radius 3 is 1.69 bits per heavy atom. The predicted molar refractivity (Wildman–Crippen MR) is 195 cm³/mol. The average Bonchev–Trinajstić information content (AvgIpc) is 3.05. The van der Waals surface area contributed by atoms with Gasteiger partial charge in [-0.15, -0.1) is 0 Å². The minimum atomic E-state index is -1.64. The Balaban J connectivity index is 4.68. The fourth-order valence-corrected chi connectivity index (χ4v) is 4.66. The Hall–Kier alpha value is -2.75. The van der Waals surface area contributed by atoms with Crippen LogP contribution in [0.3, 0.4) is 0 Å². The van der Waals surface area contributed by atoms with Gasteiger partial charge in [-0.1, -0.05) is 127 Å². The third kappa shape index (κ3) is 33.5. The van der Waals surface area contributed by atoms with E-state index in [1.165, 1.54) is 51.4 Å². The van der Waals surface area contributed by atoms with Crippen molar-refractivity contribution in [3.63, 3.8) is 0 Å². The van der Waals surface area contributed by atoms with Crippen LogP contribution in [0.5, 0.6) is 0 Å². The number of allylic oxidation sites excluding steroid dienone is 8. The van der Waals surface area contributed by atoms with Gasteiger partial charge in [0.1, 0.15) is 13.2 Å². The van der Waals surface area contributed by atoms with E-state index in [0.29, 0.717) is 17.4 Å². The summed E-state index contributed by atoms with van der Waals surface area (Å²) in [4.78, 5) is 36.6. The molecular formula is C40H69NO8. The fraction of sp³-hybridized carbons (Fsp3) is 0.725. The number of quaternary nitrogens is 1. The molecule has 0 rings (SSSR count). The molecule has 9 nitrogen and oxygen atoms in total. The van der Waals surface area contributed by atoms with Gasteiger partial charge in [-0.25, -0.2) is 0 Å². The van der Waals surface area contributed by atoms with E-state index < -0.39 is 24.3 Å². The van der Waals surface area contributed by atoms with Crippen LogP contribution in [0.2, 0.25) is 0 Å². The number of hydrogen-bond donors (Lipinski definition) is 0. The Kier molecular flexibility index (Phi) is 30.6. The van der Waals surface area contributed by atoms with Gasteiger partial charge in [0.25, 0.3) is 0 Å². The smallest absolute Gasteiger partial charge is 0.306 e. The van der Waals surface area contributed by atoms with E-state index in [2.05, 4.69) is 50.3 Å². The molecule has 9 heteroatoms. The number of esters is 2. The summed E-state index contributed by atoms with van der Waals surface area (Å²) in [5.74, 6) is -2.40. The Labute approximate surface area is 298 Å². The van der Waals surface area contributed by atoms with Crippen molar-refractivity contribution in [3.05, 3.63) is 48.6 Å². The van der Waals surface area contributed by atoms with Crippen molar-refractivity contribution >= 4 is 17.9 Å². The number of carboxylic acid groups (broad SMARTS) is 1. The van der Waals surface area contributed by atoms with Gasteiger partial charge >= 0.3 is 11.9 Å². The van der Waals surface area contributed by atoms with Gasteiger partial charge in [-0.2, -0.15) is 0 Å². The molecule has 0 saturated carbocycles. The molecule has 0 amide bonds. The number of carbonyl (C=O) groups is 3. The van der Waals surface area contributed by atoms with Crippen molar-refractivity contribution in [2.75, 3.05) is 47.5 Å². The monoisotopic (exact) mass is 692 g/mol. The standard InChI is InChI=1S/C40H69NO8/c1-6-8-10-12-14-16-18-19-21-23-25-27-29-31-38(43)49-36(35-48-40(39(44)45)46-33-32-41(3,4)5)34-47-37(42)30-28-26-24-22-20-17-15-13-11-9-7-2/h8,10,14,16,19,21,25,27,36,40H,6-7,9,11-13,15,17-18,20,22-24,26,28-35H2,1-5H3/b10-8-,16-14-,21-19-,27-25-. The van der Waals surface area contributed by atoms with Gasteiger partial charge < -0.3 is 33.3 Å². The lowest BCUT2D eigenvalue weighted by molar-refractivity contribution is -0.870. The molecule has 49 heavy (non-hydrogen) atoms. The Morgan fingerprint density at radius 2 is 1.16 bits per heavy atom. The first-order chi connectivity index (χ1) is 23.6. The maximum Gasteiger partial charge on any atom is 0.306 e. The van der Waals surface area contributed by atoms with E-state index in [4.69, 9.17) is 18.9 Å². The van der Waals surface area contributed by atoms with Crippen molar-refractivity contribution < 1.29 is 42.9 Å². The molecule has 2 atom stereocenters. The molecule has 0 radical (unpaired) electrons. The summed E-state index contributed by atoms with van der Waals surface area (Å²) in [7, 11) is 5.87. The minimum Gasteiger partial charge on any atom is -0.545 e. The van der Waals surface area contributed by atoms with Crippen LogP contribution in [0, 0.1) is 0 Å². The first-order valence-corrected chi connectivity index (χ1v) is 18.8. The number of hydrogen-bond acceptors (Lipinski definition) is 8. The molecule has 2 unspecified atom stereocenters. The highest BCUT2D eigenvalue weighted by Gasteiger charge is 2.21. The zero-order chi connectivity index (χ0) is 36.4. The maximum absolute atomic E-state index is 12.6. The molecule has 0 aromatic rings. The normalized spacial score (nSPS) is 13.6. The fourth-order valence-electron chi connectivity index (χ4n) is 4.66. The summed E-state index contributed by atoms with van der Waals surface area (Å²) >= 11 is 0. The highest BCUT2D eigenvalue weighted by atomic mass is 16.7. The summed E-state index contributed by atoms with van der Waals surface area (Å²) in [5.41, 5.74) is 0. The van der Waals surface area contributed by atoms with E-state index in [1.807, 2.05) is 33.3 Å². The highest BCUT2D eigenvalue weighted by Crippen LogP contribution is 2.13. The lowest BCUT2D eigenvalue weighted by Crippen LogP contribution is -2.44. The average molecular weight is 692 g/mol. The van der Waals surface area contributed by atoms with Gasteiger partial charge in [0.05, 0.1) is 40.3 Å². The number of carbonyl (C=O) groups excluding carboxylic acids is 3. The quantitative estimate of drug-likeness (QED) is 0.0228. The van der Waals surface area contributed by atoms with Crippen molar-refractivity contribution in [2.45, 2.75) is 142 Å². The summed E-state index contributed by atoms with van der Waals surface area (Å²) in [6.45, 7) is 4.49. The number of rotatable bonds is 33. The molecule has 0 aromatic carbocycles. The summed E-state index contributed by atoms with van der Waals surface area (Å²) in [6.07, 6.45) is 31.6. The van der Waals surface area contributed by atoms with Gasteiger partial charge in [0.15, 0.2) is 12.4 Å². The van der Waals surface area contributed by atoms with E-state index in [0.717, 1.165) is 44.9 Å². The molecule has 0 saturated heterocycles. The molecule has 0 fully saturated rings. The Bertz CT molecular complexity index is 950. The van der Waals surface area contributed by atoms with Crippen LogP contribution in [0.4, 0.5) is 0 Å². The van der Waals surface area contributed by atoms with Crippen molar-refractivity contribution in [3.8, 4) is 0 Å². The molecule has 0 aliphatic rings. The SMILES string of the molecule is CC/C=C\C/C=C\C/C=C\C/C=C\CCC(=O)OC(COC(=O)CCCCCCCCCCCCC)COC(OCC[N+](C)(C)C)C(=O)[O-]. The third-order valence-corrected chi connectivity index (χ3v) is 7.60. The Morgan fingerprint density at radius 1 is 0.633 bits per heavy atom. The first-order valence-electron chi connectivity index (χ1n) is 18.8. The van der Waals surface area contributed by atoms with Crippen LogP contribution in [0.15, 0.2) is 48.6 Å². The second-order valence-electron chi connectivity index (χ2n) is 13.5. The highest BCUT2D eigenvalue weighted by molar-refractivity contribution is 5.70. The van der Waals surface area contributed by atoms with Crippen LogP contribution >= 0.6 is 0 Å². The zero-order valence-electron chi connectivity index (χ0n) is 31.5. The van der Waals surface area contributed by atoms with E-state index in [9.17, 15) is 19.5 Å². The molecule has 0 aliphatic heterocycles. The van der Waals surface area contributed by atoms with Crippen LogP contribution in [0.25, 0.3) is 0 Å². The molecule has 0 aliphatic carbocycles. The summed E-state index contributed by atoms with van der Waals surface area (Å²) in [6, 6.07) is 0. The number of likely N-dealkylation sites (N-methyl/N-ethyl adjacent to an activating group) is 1. The van der Waals surface area contributed by atoms with Gasteiger partial charge in [-0.05, 0) is 38.5 Å². The summed E-state index contributed by atoms with van der Waals surface area (Å²) < 4.78 is 22.3. The molecule has 0 spiro atoms. The van der Waals surface area contributed by atoms with Crippen LogP contribution in [-0.2, 0) is 33.3 Å². The predicted octanol–water partition coefficient (Wildman–Crippen LogP) is 7.54. The van der Waals surface area contributed by atoms with E-state index >= 15 is 0 Å². The second-order valence-corrected chi connectivity index (χ2v) is 13.5. The summed E-state index contributed by atoms with van der Waals surface area (Å²) in [5, 5.41) is 11.6. The molecule has 282 valence electrons. The lowest BCUT2D eigenvalue weighted by atomic mass is 10.1. The number of aliphatic carboxylic acids is 1. The second kappa shape index (κ2) is 32.5. The molecule has 0 aromatic heterocycles. The van der Waals surface area contributed by atoms with Crippen molar-refractivity contribution in [2.24, 2.45) is 0 Å². The molecule has 0 bridgehead atoms. The largest absolute Gasteiger partial charge is 0.545 e. The topological polar surface area (TPSA) is 111 Å². The maximum atomic E-state index is 12.6. The van der Waals surface area contributed by atoms with Crippen LogP contribution in [-0.4, -0.2) is 82.3 Å². The number of nitrogens with zero attached hydrogens (tertiary/aromatic N) is 1. The molecular weight excluding hydrogens is 622 g/mol. The van der Waals surface area contributed by atoms with Crippen molar-refractivity contribution in [1.29, 1.82) is 0 Å². The lowest BCUT2D eigenvalue weighted by Gasteiger charge is -2.26. The third-order valence-electron chi connectivity index (χ3n) is 7.60. The zero-order valence-corrected chi connectivity index (χ0v) is 31.5. The van der Waals surface area contributed by atoms with Gasteiger partial charge in [0, 0.05) is 12.8 Å². The first kappa shape index (κ1) is 46.2. The van der Waals surface area contributed by atoms with E-state index in [1.54, 1.807) is 0 Å². The number of ether oxygens (including phenoxy) is 4. The number of unbranched alkanes of at least 4 members (excludes halogenated alkanes) is 10. The minimum absolute atomic E-state index is 0.126. The van der Waals surface area contributed by atoms with Crippen LogP contribution in [0.1, 0.15) is 129 Å². The molecule has 0 N–H and O–H groups in total. The van der Waals surface area contributed by atoms with Crippen LogP contribution < -0.4 is 5.11 Å². The molecule has 0 heterocycles. The van der Waals surface area contributed by atoms with Crippen molar-refractivity contribution in [1.82, 2.24) is 0 Å². The number of carboxylic acids is 1. The van der Waals surface area contributed by atoms with Gasteiger partial charge in [-0.3, -0.25) is 9.59 Å². The van der Waals surface area contributed by atoms with Gasteiger partial charge in [0.2, 0.25) is 0 Å².